The first kappa shape index (κ1) is 12.9. The van der Waals surface area contributed by atoms with Gasteiger partial charge in [-0.2, -0.15) is 0 Å². The van der Waals surface area contributed by atoms with Crippen molar-refractivity contribution in [1.82, 2.24) is 4.57 Å². The monoisotopic (exact) mass is 299 g/mol. The molecule has 2 aromatic carbocycles. The van der Waals surface area contributed by atoms with Crippen LogP contribution >= 0.6 is 0 Å². The zero-order chi connectivity index (χ0) is 15.4. The minimum Gasteiger partial charge on any atom is -0.320 e. The lowest BCUT2D eigenvalue weighted by Crippen LogP contribution is -2.03. The number of hydrogen-bond acceptors (Lipinski definition) is 1. The molecule has 2 atom stereocenters. The number of para-hydroxylation sites is 1. The van der Waals surface area contributed by atoms with Gasteiger partial charge in [-0.1, -0.05) is 54.6 Å². The van der Waals surface area contributed by atoms with Gasteiger partial charge in [-0.15, -0.1) is 0 Å². The molecule has 2 heterocycles. The van der Waals surface area contributed by atoms with Gasteiger partial charge >= 0.3 is 0 Å². The molecule has 2 nitrogen and oxygen atoms in total. The van der Waals surface area contributed by atoms with Crippen LogP contribution in [0.5, 0.6) is 0 Å². The van der Waals surface area contributed by atoms with Crippen molar-refractivity contribution in [2.45, 2.75) is 24.7 Å². The van der Waals surface area contributed by atoms with Gasteiger partial charge in [0.05, 0.1) is 5.52 Å². The second kappa shape index (κ2) is 4.69. The minimum atomic E-state index is 0.307. The normalized spacial score (nSPS) is 22.3. The van der Waals surface area contributed by atoms with Crippen molar-refractivity contribution in [3.63, 3.8) is 0 Å². The average molecular weight is 299 g/mol. The number of benzene rings is 2. The lowest BCUT2D eigenvalue weighted by atomic mass is 9.88. The number of carbonyl (C=O) groups is 1. The minimum absolute atomic E-state index is 0.307. The highest BCUT2D eigenvalue weighted by Gasteiger charge is 2.37. The quantitative estimate of drug-likeness (QED) is 0.622. The topological polar surface area (TPSA) is 22.0 Å². The van der Waals surface area contributed by atoms with Crippen molar-refractivity contribution >= 4 is 22.9 Å². The molecule has 0 bridgehead atoms. The highest BCUT2D eigenvalue weighted by Crippen LogP contribution is 2.46. The molecule has 0 amide bonds. The molecule has 23 heavy (non-hydrogen) atoms. The Morgan fingerprint density at radius 3 is 2.61 bits per heavy atom. The summed E-state index contributed by atoms with van der Waals surface area (Å²) in [5.41, 5.74) is 4.68. The highest BCUT2D eigenvalue weighted by molar-refractivity contribution is 6.13. The fourth-order valence-electron chi connectivity index (χ4n) is 4.28. The van der Waals surface area contributed by atoms with Crippen molar-refractivity contribution in [1.29, 1.82) is 0 Å². The fraction of sp³-hybridized carbons (Fsp3) is 0.190. The number of allylic oxidation sites excluding steroid dienone is 1. The SMILES string of the molecule is O=C1CC2CC(c3ccccc3)C=Cn3c2c1c1ccccc13. The van der Waals surface area contributed by atoms with Crippen LogP contribution in [0.25, 0.3) is 17.1 Å². The molecule has 3 aromatic rings. The number of carbonyl (C=O) groups excluding carboxylic acids is 1. The van der Waals surface area contributed by atoms with E-state index in [1.165, 1.54) is 11.3 Å². The van der Waals surface area contributed by atoms with Gasteiger partial charge in [-0.3, -0.25) is 4.79 Å². The largest absolute Gasteiger partial charge is 0.320 e. The second-order valence-corrected chi connectivity index (χ2v) is 6.57. The first-order valence-corrected chi connectivity index (χ1v) is 8.22. The van der Waals surface area contributed by atoms with E-state index in [2.05, 4.69) is 59.3 Å². The zero-order valence-electron chi connectivity index (χ0n) is 12.8. The third-order valence-corrected chi connectivity index (χ3v) is 5.28. The van der Waals surface area contributed by atoms with Crippen LogP contribution in [-0.2, 0) is 0 Å². The smallest absolute Gasteiger partial charge is 0.166 e. The van der Waals surface area contributed by atoms with E-state index in [4.69, 9.17) is 0 Å². The number of fused-ring (bicyclic) bond motifs is 3. The molecule has 2 unspecified atom stereocenters. The van der Waals surface area contributed by atoms with E-state index >= 15 is 0 Å². The Bertz CT molecular complexity index is 949. The number of nitrogens with zero attached hydrogens (tertiary/aromatic N) is 1. The van der Waals surface area contributed by atoms with E-state index in [1.54, 1.807) is 0 Å². The van der Waals surface area contributed by atoms with E-state index in [-0.39, 0.29) is 0 Å². The molecule has 2 heteroatoms. The van der Waals surface area contributed by atoms with Crippen molar-refractivity contribution < 1.29 is 4.79 Å². The molecule has 0 fully saturated rings. The van der Waals surface area contributed by atoms with Gasteiger partial charge in [0.25, 0.3) is 0 Å². The van der Waals surface area contributed by atoms with Crippen LogP contribution in [0.4, 0.5) is 0 Å². The van der Waals surface area contributed by atoms with E-state index in [0.29, 0.717) is 24.0 Å². The Morgan fingerprint density at radius 1 is 0.957 bits per heavy atom. The van der Waals surface area contributed by atoms with Crippen LogP contribution < -0.4 is 0 Å². The maximum atomic E-state index is 12.6. The predicted octanol–water partition coefficient (Wildman–Crippen LogP) is 4.97. The maximum Gasteiger partial charge on any atom is 0.166 e. The Hall–Kier alpha value is -2.61. The Morgan fingerprint density at radius 2 is 1.74 bits per heavy atom. The molecule has 2 aliphatic rings. The summed E-state index contributed by atoms with van der Waals surface area (Å²) in [6.07, 6.45) is 6.14. The predicted molar refractivity (Wildman–Crippen MR) is 92.8 cm³/mol. The van der Waals surface area contributed by atoms with Gasteiger partial charge in [0.15, 0.2) is 5.78 Å². The van der Waals surface area contributed by atoms with Crippen molar-refractivity contribution in [3.8, 4) is 0 Å². The molecular weight excluding hydrogens is 282 g/mol. The van der Waals surface area contributed by atoms with Crippen LogP contribution in [0.3, 0.4) is 0 Å². The van der Waals surface area contributed by atoms with Crippen LogP contribution in [0.15, 0.2) is 60.7 Å². The molecule has 1 aromatic heterocycles. The second-order valence-electron chi connectivity index (χ2n) is 6.57. The summed E-state index contributed by atoms with van der Waals surface area (Å²) in [6, 6.07) is 18.9. The summed E-state index contributed by atoms with van der Waals surface area (Å²) < 4.78 is 2.25. The fourth-order valence-corrected chi connectivity index (χ4v) is 4.28. The number of hydrogen-bond donors (Lipinski definition) is 0. The van der Waals surface area contributed by atoms with E-state index in [0.717, 1.165) is 22.9 Å². The first-order chi connectivity index (χ1) is 11.3. The summed E-state index contributed by atoms with van der Waals surface area (Å²) in [7, 11) is 0. The number of ketones is 1. The van der Waals surface area contributed by atoms with E-state index in [9.17, 15) is 4.79 Å². The number of Topliss-reactive ketones (excluding diaryl/α,β-unsaturated/α-hetero) is 1. The summed E-state index contributed by atoms with van der Waals surface area (Å²) in [5, 5.41) is 1.11. The molecule has 0 spiro atoms. The van der Waals surface area contributed by atoms with Gasteiger partial charge in [0.1, 0.15) is 0 Å². The van der Waals surface area contributed by atoms with Crippen LogP contribution in [0.2, 0.25) is 0 Å². The number of aromatic nitrogens is 1. The van der Waals surface area contributed by atoms with Crippen molar-refractivity contribution in [3.05, 3.63) is 77.5 Å². The molecule has 112 valence electrons. The third-order valence-electron chi connectivity index (χ3n) is 5.28. The Balaban J connectivity index is 1.72. The third kappa shape index (κ3) is 1.78. The molecule has 0 radical (unpaired) electrons. The first-order valence-electron chi connectivity index (χ1n) is 8.22. The molecule has 1 aliphatic carbocycles. The molecule has 5 rings (SSSR count). The summed E-state index contributed by atoms with van der Waals surface area (Å²) in [5.74, 6) is 1.01. The van der Waals surface area contributed by atoms with E-state index in [1.807, 2.05) is 12.1 Å². The average Bonchev–Trinajstić information content (AvgIpc) is 3.01. The van der Waals surface area contributed by atoms with Crippen LogP contribution in [0, 0.1) is 0 Å². The lowest BCUT2D eigenvalue weighted by molar-refractivity contribution is 0.0989. The highest BCUT2D eigenvalue weighted by atomic mass is 16.1. The van der Waals surface area contributed by atoms with Crippen molar-refractivity contribution in [2.75, 3.05) is 0 Å². The molecular formula is C21H17NO. The summed E-state index contributed by atoms with van der Waals surface area (Å²) >= 11 is 0. The van der Waals surface area contributed by atoms with Gasteiger partial charge in [0.2, 0.25) is 0 Å². The van der Waals surface area contributed by atoms with E-state index < -0.39 is 0 Å². The molecule has 0 saturated carbocycles. The lowest BCUT2D eigenvalue weighted by Gasteiger charge is -2.16. The van der Waals surface area contributed by atoms with Crippen LogP contribution in [-0.4, -0.2) is 10.4 Å². The Kier molecular flexibility index (Phi) is 2.63. The Labute approximate surface area is 135 Å². The van der Waals surface area contributed by atoms with Gasteiger partial charge < -0.3 is 4.57 Å². The molecule has 0 saturated heterocycles. The van der Waals surface area contributed by atoms with Gasteiger partial charge in [-0.25, -0.2) is 0 Å². The summed E-state index contributed by atoms with van der Waals surface area (Å²) in [6.45, 7) is 0. The van der Waals surface area contributed by atoms with Gasteiger partial charge in [0, 0.05) is 41.1 Å². The van der Waals surface area contributed by atoms with Crippen LogP contribution in [0.1, 0.15) is 46.3 Å². The van der Waals surface area contributed by atoms with Gasteiger partial charge in [-0.05, 0) is 18.1 Å². The maximum absolute atomic E-state index is 12.6. The molecule has 0 N–H and O–H groups in total. The summed E-state index contributed by atoms with van der Waals surface area (Å²) in [4.78, 5) is 12.6. The van der Waals surface area contributed by atoms with Crippen molar-refractivity contribution in [2.24, 2.45) is 0 Å². The molecule has 1 aliphatic heterocycles. The number of rotatable bonds is 1. The zero-order valence-corrected chi connectivity index (χ0v) is 12.8. The standard InChI is InChI=1S/C21H17NO/c23-19-13-16-12-15(14-6-2-1-3-7-14)10-11-22-18-9-5-4-8-17(18)20(19)21(16)22/h1-11,15-16H,12-13H2.